The fourth-order valence-corrected chi connectivity index (χ4v) is 3.53. The molecule has 1 aliphatic heterocycles. The van der Waals surface area contributed by atoms with Crippen LogP contribution in [0.3, 0.4) is 0 Å². The summed E-state index contributed by atoms with van der Waals surface area (Å²) in [5.74, 6) is 1.86. The van der Waals surface area contributed by atoms with Crippen molar-refractivity contribution in [3.63, 3.8) is 0 Å². The Morgan fingerprint density at radius 3 is 3.08 bits per heavy atom. The summed E-state index contributed by atoms with van der Waals surface area (Å²) >= 11 is 0. The number of ether oxygens (including phenoxy) is 1. The Labute approximate surface area is 152 Å². The number of pyridine rings is 1. The van der Waals surface area contributed by atoms with Crippen molar-refractivity contribution in [1.29, 1.82) is 0 Å². The van der Waals surface area contributed by atoms with Gasteiger partial charge in [0, 0.05) is 30.8 Å². The van der Waals surface area contributed by atoms with E-state index in [1.807, 2.05) is 24.3 Å². The number of H-pyrrole nitrogens is 1. The fourth-order valence-electron chi connectivity index (χ4n) is 3.53. The SMILES string of the molecule is O=C1NCCCNCc2cccc(n2)Nc2cc([nH]n2)[C@@H]2CC[C@@H](C2)O1. The summed E-state index contributed by atoms with van der Waals surface area (Å²) in [5.41, 5.74) is 2.02. The van der Waals surface area contributed by atoms with E-state index < -0.39 is 0 Å². The van der Waals surface area contributed by atoms with Gasteiger partial charge < -0.3 is 20.7 Å². The van der Waals surface area contributed by atoms with Crippen LogP contribution < -0.4 is 16.0 Å². The number of hydrogen-bond donors (Lipinski definition) is 4. The molecule has 26 heavy (non-hydrogen) atoms. The largest absolute Gasteiger partial charge is 0.446 e. The van der Waals surface area contributed by atoms with Crippen LogP contribution in [0.5, 0.6) is 0 Å². The second-order valence-electron chi connectivity index (χ2n) is 6.84. The first-order chi connectivity index (χ1) is 12.8. The average Bonchev–Trinajstić information content (AvgIpc) is 3.27. The van der Waals surface area contributed by atoms with E-state index in [-0.39, 0.29) is 12.2 Å². The highest BCUT2D eigenvalue weighted by molar-refractivity contribution is 5.67. The van der Waals surface area contributed by atoms with Gasteiger partial charge in [0.2, 0.25) is 0 Å². The number of hydrogen-bond acceptors (Lipinski definition) is 6. The molecule has 1 aliphatic carbocycles. The second-order valence-corrected chi connectivity index (χ2v) is 6.84. The summed E-state index contributed by atoms with van der Waals surface area (Å²) in [5, 5.41) is 16.9. The number of aromatic nitrogens is 3. The Morgan fingerprint density at radius 1 is 1.15 bits per heavy atom. The van der Waals surface area contributed by atoms with E-state index in [0.29, 0.717) is 19.0 Å². The zero-order valence-corrected chi connectivity index (χ0v) is 14.6. The molecule has 0 aromatic carbocycles. The molecule has 0 saturated heterocycles. The first-order valence-electron chi connectivity index (χ1n) is 9.20. The predicted molar refractivity (Wildman–Crippen MR) is 97.3 cm³/mol. The summed E-state index contributed by atoms with van der Waals surface area (Å²) < 4.78 is 5.54. The molecule has 4 rings (SSSR count). The van der Waals surface area contributed by atoms with Crippen molar-refractivity contribution >= 4 is 17.7 Å². The molecule has 1 saturated carbocycles. The summed E-state index contributed by atoms with van der Waals surface area (Å²) in [6.45, 7) is 2.07. The number of rotatable bonds is 0. The third kappa shape index (κ3) is 4.13. The van der Waals surface area contributed by atoms with Crippen LogP contribution in [-0.2, 0) is 11.3 Å². The minimum Gasteiger partial charge on any atom is -0.446 e. The molecule has 2 atom stereocenters. The van der Waals surface area contributed by atoms with Gasteiger partial charge in [-0.2, -0.15) is 5.10 Å². The minimum atomic E-state index is -0.321. The van der Waals surface area contributed by atoms with Gasteiger partial charge in [0.1, 0.15) is 11.9 Å². The molecule has 3 heterocycles. The van der Waals surface area contributed by atoms with E-state index in [4.69, 9.17) is 4.74 Å². The highest BCUT2D eigenvalue weighted by Gasteiger charge is 2.29. The Balaban J connectivity index is 1.51. The van der Waals surface area contributed by atoms with E-state index in [9.17, 15) is 4.79 Å². The molecule has 6 bridgehead atoms. The first kappa shape index (κ1) is 16.8. The van der Waals surface area contributed by atoms with Gasteiger partial charge in [-0.1, -0.05) is 6.07 Å². The molecule has 2 aromatic heterocycles. The van der Waals surface area contributed by atoms with Gasteiger partial charge in [0.15, 0.2) is 5.82 Å². The van der Waals surface area contributed by atoms with Gasteiger partial charge in [0.25, 0.3) is 0 Å². The Kier molecular flexibility index (Phi) is 5.01. The molecular weight excluding hydrogens is 332 g/mol. The fraction of sp³-hybridized carbons (Fsp3) is 0.500. The molecule has 0 spiro atoms. The molecule has 8 heteroatoms. The summed E-state index contributed by atoms with van der Waals surface area (Å²) in [7, 11) is 0. The van der Waals surface area contributed by atoms with E-state index >= 15 is 0 Å². The molecule has 1 amide bonds. The van der Waals surface area contributed by atoms with Crippen molar-refractivity contribution < 1.29 is 9.53 Å². The van der Waals surface area contributed by atoms with Gasteiger partial charge in [-0.25, -0.2) is 9.78 Å². The number of nitrogens with one attached hydrogen (secondary N) is 4. The van der Waals surface area contributed by atoms with Crippen LogP contribution in [-0.4, -0.2) is 40.5 Å². The van der Waals surface area contributed by atoms with Crippen LogP contribution in [0.2, 0.25) is 0 Å². The van der Waals surface area contributed by atoms with Crippen LogP contribution in [0.4, 0.5) is 16.4 Å². The third-order valence-electron chi connectivity index (χ3n) is 4.86. The second kappa shape index (κ2) is 7.74. The van der Waals surface area contributed by atoms with E-state index in [1.54, 1.807) is 0 Å². The van der Waals surface area contributed by atoms with E-state index in [0.717, 1.165) is 55.3 Å². The molecule has 2 aromatic rings. The van der Waals surface area contributed by atoms with E-state index in [1.165, 1.54) is 0 Å². The molecule has 0 radical (unpaired) electrons. The Bertz CT molecular complexity index is 762. The van der Waals surface area contributed by atoms with Gasteiger partial charge >= 0.3 is 6.09 Å². The molecule has 4 N–H and O–H groups in total. The van der Waals surface area contributed by atoms with Crippen molar-refractivity contribution in [2.75, 3.05) is 18.4 Å². The maximum Gasteiger partial charge on any atom is 0.407 e. The number of carbonyl (C=O) groups is 1. The van der Waals surface area contributed by atoms with Crippen LogP contribution in [0.15, 0.2) is 24.3 Å². The molecule has 8 nitrogen and oxygen atoms in total. The highest BCUT2D eigenvalue weighted by atomic mass is 16.6. The topological polar surface area (TPSA) is 104 Å². The number of aromatic amines is 1. The number of carbonyl (C=O) groups excluding carboxylic acids is 1. The Morgan fingerprint density at radius 2 is 2.12 bits per heavy atom. The van der Waals surface area contributed by atoms with Crippen LogP contribution in [0, 0.1) is 0 Å². The predicted octanol–water partition coefficient (Wildman–Crippen LogP) is 2.40. The van der Waals surface area contributed by atoms with Gasteiger partial charge in [0.05, 0.1) is 5.69 Å². The lowest BCUT2D eigenvalue weighted by molar-refractivity contribution is 0.100. The smallest absolute Gasteiger partial charge is 0.407 e. The zero-order chi connectivity index (χ0) is 17.8. The first-order valence-corrected chi connectivity index (χ1v) is 9.20. The number of amides is 1. The molecular formula is C18H24N6O2. The van der Waals surface area contributed by atoms with Crippen molar-refractivity contribution in [3.8, 4) is 0 Å². The quantitative estimate of drug-likeness (QED) is 0.578. The third-order valence-corrected chi connectivity index (χ3v) is 4.86. The summed E-state index contributed by atoms with van der Waals surface area (Å²) in [6.07, 6.45) is 3.17. The van der Waals surface area contributed by atoms with Crippen LogP contribution in [0.25, 0.3) is 0 Å². The lowest BCUT2D eigenvalue weighted by Crippen LogP contribution is -2.30. The number of fused-ring (bicyclic) bond motifs is 7. The molecule has 1 fully saturated rings. The van der Waals surface area contributed by atoms with E-state index in [2.05, 4.69) is 31.1 Å². The molecule has 2 aliphatic rings. The van der Waals surface area contributed by atoms with Crippen LogP contribution in [0.1, 0.15) is 43.0 Å². The highest BCUT2D eigenvalue weighted by Crippen LogP contribution is 2.36. The molecule has 0 unspecified atom stereocenters. The van der Waals surface area contributed by atoms with Crippen molar-refractivity contribution in [1.82, 2.24) is 25.8 Å². The van der Waals surface area contributed by atoms with Crippen molar-refractivity contribution in [3.05, 3.63) is 35.7 Å². The Hall–Kier alpha value is -2.61. The summed E-state index contributed by atoms with van der Waals surface area (Å²) in [6, 6.07) is 7.92. The normalized spacial score (nSPS) is 23.9. The zero-order valence-electron chi connectivity index (χ0n) is 14.6. The number of anilines is 2. The lowest BCUT2D eigenvalue weighted by atomic mass is 10.0. The standard InChI is InChI=1S/C18H24N6O2/c25-18-20-8-2-7-19-11-13-3-1-4-16(21-13)22-17-10-15(23-24-17)12-5-6-14(9-12)26-18/h1,3-4,10,12,14,19H,2,5-9,11H2,(H,20,25)(H2,21,22,23,24)/t12-,14+/m1/s1. The summed E-state index contributed by atoms with van der Waals surface area (Å²) in [4.78, 5) is 16.5. The van der Waals surface area contributed by atoms with Gasteiger partial charge in [-0.15, -0.1) is 0 Å². The maximum atomic E-state index is 11.9. The average molecular weight is 356 g/mol. The number of alkyl carbamates (subject to hydrolysis) is 1. The van der Waals surface area contributed by atoms with Crippen LogP contribution >= 0.6 is 0 Å². The number of nitrogens with zero attached hydrogens (tertiary/aromatic N) is 2. The van der Waals surface area contributed by atoms with Crippen molar-refractivity contribution in [2.24, 2.45) is 0 Å². The van der Waals surface area contributed by atoms with Gasteiger partial charge in [-0.3, -0.25) is 5.10 Å². The minimum absolute atomic E-state index is 0.0323. The van der Waals surface area contributed by atoms with Crippen molar-refractivity contribution in [2.45, 2.75) is 44.2 Å². The monoisotopic (exact) mass is 356 g/mol. The lowest BCUT2D eigenvalue weighted by Gasteiger charge is -2.13. The maximum absolute atomic E-state index is 11.9. The molecule has 138 valence electrons. The van der Waals surface area contributed by atoms with Gasteiger partial charge in [-0.05, 0) is 44.4 Å².